The molecular weight excluding hydrogens is 376 g/mol. The van der Waals surface area contributed by atoms with Crippen LogP contribution in [0.1, 0.15) is 28.5 Å². The van der Waals surface area contributed by atoms with Crippen LogP contribution in [0.2, 0.25) is 0 Å². The summed E-state index contributed by atoms with van der Waals surface area (Å²) in [5.41, 5.74) is 1.68. The fraction of sp³-hybridized carbons (Fsp3) is 0.300. The number of benzene rings is 1. The minimum Gasteiger partial charge on any atom is -0.504 e. The van der Waals surface area contributed by atoms with Crippen molar-refractivity contribution in [1.29, 1.82) is 0 Å². The maximum absolute atomic E-state index is 12.3. The summed E-state index contributed by atoms with van der Waals surface area (Å²) < 4.78 is 10.7. The molecule has 0 aliphatic carbocycles. The van der Waals surface area contributed by atoms with E-state index in [1.165, 1.54) is 13.2 Å². The molecule has 3 rings (SSSR count). The number of aryl methyl sites for hydroxylation is 3. The first-order valence-electron chi connectivity index (χ1n) is 8.95. The van der Waals surface area contributed by atoms with Crippen LogP contribution in [0.4, 0.5) is 0 Å². The molecule has 0 bridgehead atoms. The van der Waals surface area contributed by atoms with Gasteiger partial charge in [-0.25, -0.2) is 9.97 Å². The van der Waals surface area contributed by atoms with Crippen molar-refractivity contribution in [2.24, 2.45) is 0 Å². The van der Waals surface area contributed by atoms with Gasteiger partial charge in [0.05, 0.1) is 20.1 Å². The average Bonchev–Trinajstić information content (AvgIpc) is 3.03. The molecule has 0 radical (unpaired) electrons. The van der Waals surface area contributed by atoms with Gasteiger partial charge in [-0.3, -0.25) is 9.59 Å². The summed E-state index contributed by atoms with van der Waals surface area (Å²) in [7, 11) is 1.47. The van der Waals surface area contributed by atoms with E-state index in [1.54, 1.807) is 32.9 Å². The lowest BCUT2D eigenvalue weighted by Crippen LogP contribution is -2.29. The summed E-state index contributed by atoms with van der Waals surface area (Å²) in [6.07, 6.45) is -0.0788. The molecule has 2 aromatic heterocycles. The average molecular weight is 398 g/mol. The lowest BCUT2D eigenvalue weighted by molar-refractivity contribution is -0.120. The van der Waals surface area contributed by atoms with Crippen LogP contribution >= 0.6 is 0 Å². The highest BCUT2D eigenvalue weighted by molar-refractivity contribution is 5.78. The Labute approximate surface area is 166 Å². The van der Waals surface area contributed by atoms with Crippen LogP contribution in [0.5, 0.6) is 11.5 Å². The molecule has 2 heterocycles. The Hall–Kier alpha value is -3.62. The largest absolute Gasteiger partial charge is 0.504 e. The third kappa shape index (κ3) is 4.45. The van der Waals surface area contributed by atoms with Crippen LogP contribution < -0.4 is 15.6 Å². The number of nitrogens with zero attached hydrogens (tertiary/aromatic N) is 2. The van der Waals surface area contributed by atoms with Crippen molar-refractivity contribution in [3.8, 4) is 23.0 Å². The van der Waals surface area contributed by atoms with Gasteiger partial charge in [0.1, 0.15) is 17.3 Å². The highest BCUT2D eigenvalue weighted by atomic mass is 16.5. The van der Waals surface area contributed by atoms with Crippen molar-refractivity contribution in [3.05, 3.63) is 57.1 Å². The van der Waals surface area contributed by atoms with E-state index in [9.17, 15) is 14.7 Å². The van der Waals surface area contributed by atoms with E-state index in [1.807, 2.05) is 0 Å². The van der Waals surface area contributed by atoms with Gasteiger partial charge in [-0.1, -0.05) is 0 Å². The number of nitrogens with one attached hydrogen (secondary N) is 2. The first kappa shape index (κ1) is 20.1. The third-order valence-electron chi connectivity index (χ3n) is 4.45. The molecule has 0 saturated heterocycles. The lowest BCUT2D eigenvalue weighted by Gasteiger charge is -2.06. The molecule has 0 aliphatic heterocycles. The highest BCUT2D eigenvalue weighted by Crippen LogP contribution is 2.31. The predicted molar refractivity (Wildman–Crippen MR) is 105 cm³/mol. The molecule has 1 amide bonds. The summed E-state index contributed by atoms with van der Waals surface area (Å²) in [6.45, 7) is 5.27. The first-order valence-corrected chi connectivity index (χ1v) is 8.95. The normalized spacial score (nSPS) is 10.8. The van der Waals surface area contributed by atoms with Crippen molar-refractivity contribution in [3.63, 3.8) is 0 Å². The number of aromatic nitrogens is 3. The summed E-state index contributed by atoms with van der Waals surface area (Å²) in [5.74, 6) is 1.37. The zero-order chi connectivity index (χ0) is 21.1. The number of oxazole rings is 1. The number of aromatic hydroxyl groups is 1. The Morgan fingerprint density at radius 1 is 1.28 bits per heavy atom. The van der Waals surface area contributed by atoms with Gasteiger partial charge < -0.3 is 24.6 Å². The molecule has 29 heavy (non-hydrogen) atoms. The van der Waals surface area contributed by atoms with Gasteiger partial charge in [0.2, 0.25) is 11.8 Å². The van der Waals surface area contributed by atoms with Crippen molar-refractivity contribution < 1.29 is 19.1 Å². The fourth-order valence-corrected chi connectivity index (χ4v) is 2.90. The number of ether oxygens (including phenoxy) is 1. The number of phenolic OH excluding ortho intramolecular Hbond substituents is 1. The maximum atomic E-state index is 12.3. The van der Waals surface area contributed by atoms with E-state index in [-0.39, 0.29) is 30.2 Å². The maximum Gasteiger partial charge on any atom is 0.254 e. The number of hydrogen-bond acceptors (Lipinski definition) is 7. The van der Waals surface area contributed by atoms with Crippen molar-refractivity contribution >= 4 is 5.91 Å². The minimum atomic E-state index is -0.324. The Kier molecular flexibility index (Phi) is 5.67. The molecule has 9 heteroatoms. The number of aromatic amines is 1. The zero-order valence-electron chi connectivity index (χ0n) is 16.6. The van der Waals surface area contributed by atoms with Gasteiger partial charge in [-0.2, -0.15) is 0 Å². The Morgan fingerprint density at radius 3 is 2.69 bits per heavy atom. The third-order valence-corrected chi connectivity index (χ3v) is 4.45. The number of amides is 1. The van der Waals surface area contributed by atoms with Gasteiger partial charge in [0.25, 0.3) is 5.56 Å². The molecule has 9 nitrogen and oxygen atoms in total. The Bertz CT molecular complexity index is 1120. The predicted octanol–water partition coefficient (Wildman–Crippen LogP) is 1.92. The van der Waals surface area contributed by atoms with E-state index in [0.29, 0.717) is 45.7 Å². The fourth-order valence-electron chi connectivity index (χ4n) is 2.90. The second kappa shape index (κ2) is 8.17. The summed E-state index contributed by atoms with van der Waals surface area (Å²) in [6, 6.07) is 4.82. The van der Waals surface area contributed by atoms with Gasteiger partial charge >= 0.3 is 0 Å². The van der Waals surface area contributed by atoms with Gasteiger partial charge in [0, 0.05) is 16.8 Å². The molecule has 3 aromatic rings. The standard InChI is InChI=1S/C20H22N4O5/c1-10-14(19(27)23-12(3)22-10)8-18(26)21-9-15-11(2)29-20(24-15)13-5-6-17(28-4)16(25)7-13/h5-7,25H,8-9H2,1-4H3,(H,21,26)(H,22,23,27). The summed E-state index contributed by atoms with van der Waals surface area (Å²) >= 11 is 0. The lowest BCUT2D eigenvalue weighted by atomic mass is 10.1. The van der Waals surface area contributed by atoms with Crippen LogP contribution in [0.3, 0.4) is 0 Å². The molecule has 0 aliphatic rings. The molecule has 0 atom stereocenters. The molecule has 152 valence electrons. The van der Waals surface area contributed by atoms with Crippen LogP contribution in [-0.4, -0.2) is 33.1 Å². The van der Waals surface area contributed by atoms with Crippen LogP contribution in [0, 0.1) is 20.8 Å². The van der Waals surface area contributed by atoms with E-state index in [2.05, 4.69) is 20.3 Å². The van der Waals surface area contributed by atoms with Crippen molar-refractivity contribution in [2.75, 3.05) is 7.11 Å². The molecule has 3 N–H and O–H groups in total. The van der Waals surface area contributed by atoms with E-state index < -0.39 is 0 Å². The van der Waals surface area contributed by atoms with Crippen molar-refractivity contribution in [1.82, 2.24) is 20.3 Å². The number of phenols is 1. The first-order chi connectivity index (χ1) is 13.8. The topological polar surface area (TPSA) is 130 Å². The number of methoxy groups -OCH3 is 1. The highest BCUT2D eigenvalue weighted by Gasteiger charge is 2.16. The van der Waals surface area contributed by atoms with E-state index in [0.717, 1.165) is 0 Å². The van der Waals surface area contributed by atoms with Gasteiger partial charge in [-0.05, 0) is 39.0 Å². The molecule has 0 fully saturated rings. The number of hydrogen-bond donors (Lipinski definition) is 3. The monoisotopic (exact) mass is 398 g/mol. The minimum absolute atomic E-state index is 0.0250. The van der Waals surface area contributed by atoms with Crippen LogP contribution in [0.25, 0.3) is 11.5 Å². The molecular formula is C20H22N4O5. The molecule has 1 aromatic carbocycles. The number of rotatable bonds is 6. The Balaban J connectivity index is 1.70. The number of carbonyl (C=O) groups excluding carboxylic acids is 1. The SMILES string of the molecule is COc1ccc(-c2nc(CNC(=O)Cc3c(C)nc(C)[nH]c3=O)c(C)o2)cc1O. The molecule has 0 spiro atoms. The second-order valence-corrected chi connectivity index (χ2v) is 6.58. The van der Waals surface area contributed by atoms with E-state index in [4.69, 9.17) is 9.15 Å². The van der Waals surface area contributed by atoms with Crippen molar-refractivity contribution in [2.45, 2.75) is 33.7 Å². The van der Waals surface area contributed by atoms with E-state index >= 15 is 0 Å². The quantitative estimate of drug-likeness (QED) is 0.578. The summed E-state index contributed by atoms with van der Waals surface area (Å²) in [5, 5.41) is 12.7. The smallest absolute Gasteiger partial charge is 0.254 e. The van der Waals surface area contributed by atoms with Crippen LogP contribution in [-0.2, 0) is 17.8 Å². The van der Waals surface area contributed by atoms with Gasteiger partial charge in [-0.15, -0.1) is 0 Å². The summed E-state index contributed by atoms with van der Waals surface area (Å²) in [4.78, 5) is 35.5. The van der Waals surface area contributed by atoms with Gasteiger partial charge in [0.15, 0.2) is 11.5 Å². The number of H-pyrrole nitrogens is 1. The Morgan fingerprint density at radius 2 is 2.03 bits per heavy atom. The molecule has 0 saturated carbocycles. The van der Waals surface area contributed by atoms with Crippen LogP contribution in [0.15, 0.2) is 27.4 Å². The molecule has 0 unspecified atom stereocenters. The number of carbonyl (C=O) groups is 1. The zero-order valence-corrected chi connectivity index (χ0v) is 16.6. The second-order valence-electron chi connectivity index (χ2n) is 6.58.